The Balaban J connectivity index is 1.61. The molecule has 1 heterocycles. The van der Waals surface area contributed by atoms with Crippen LogP contribution < -0.4 is 10.9 Å². The van der Waals surface area contributed by atoms with Crippen LogP contribution in [0, 0.1) is 0 Å². The van der Waals surface area contributed by atoms with Crippen LogP contribution in [-0.4, -0.2) is 32.4 Å². The number of carbonyl (C=O) groups is 1. The minimum Gasteiger partial charge on any atom is -0.480 e. The summed E-state index contributed by atoms with van der Waals surface area (Å²) in [6.45, 7) is 5.16. The fourth-order valence-electron chi connectivity index (χ4n) is 3.57. The maximum absolute atomic E-state index is 12.8. The zero-order valence-corrected chi connectivity index (χ0v) is 20.0. The number of carboxylic acids is 1. The first kappa shape index (κ1) is 24.6. The van der Waals surface area contributed by atoms with E-state index in [1.165, 1.54) is 11.8 Å². The van der Waals surface area contributed by atoms with Crippen molar-refractivity contribution in [1.29, 1.82) is 0 Å². The molecule has 1 unspecified atom stereocenters. The van der Waals surface area contributed by atoms with Gasteiger partial charge in [-0.15, -0.1) is 11.8 Å². The molecule has 1 aromatic heterocycles. The van der Waals surface area contributed by atoms with Gasteiger partial charge in [0.1, 0.15) is 11.1 Å². The molecule has 7 heteroatoms. The minimum atomic E-state index is -0.764. The Kier molecular flexibility index (Phi) is 9.13. The van der Waals surface area contributed by atoms with Crippen molar-refractivity contribution in [3.05, 3.63) is 76.8 Å². The summed E-state index contributed by atoms with van der Waals surface area (Å²) in [5.41, 5.74) is 2.52. The van der Waals surface area contributed by atoms with Crippen LogP contribution in [0.2, 0.25) is 0 Å². The maximum atomic E-state index is 12.8. The lowest BCUT2D eigenvalue weighted by Crippen LogP contribution is -2.27. The molecule has 33 heavy (non-hydrogen) atoms. The summed E-state index contributed by atoms with van der Waals surface area (Å²) >= 11 is 1.39. The van der Waals surface area contributed by atoms with E-state index in [0.717, 1.165) is 34.8 Å². The van der Waals surface area contributed by atoms with Crippen molar-refractivity contribution in [3.63, 3.8) is 0 Å². The molecule has 0 aliphatic heterocycles. The summed E-state index contributed by atoms with van der Waals surface area (Å²) in [5.74, 6) is 0.00130. The average Bonchev–Trinajstić information content (AvgIpc) is 2.83. The van der Waals surface area contributed by atoms with Crippen LogP contribution in [0.5, 0.6) is 0 Å². The second kappa shape index (κ2) is 12.3. The highest BCUT2D eigenvalue weighted by Gasteiger charge is 2.18. The molecule has 0 spiro atoms. The van der Waals surface area contributed by atoms with E-state index in [-0.39, 0.29) is 5.56 Å². The Hall–Kier alpha value is -3.06. The van der Waals surface area contributed by atoms with Crippen LogP contribution >= 0.6 is 11.8 Å². The number of hydrogen-bond acceptors (Lipinski definition) is 5. The average molecular weight is 466 g/mol. The normalized spacial score (nSPS) is 11.8. The third kappa shape index (κ3) is 6.96. The maximum Gasteiger partial charge on any atom is 0.316 e. The molecule has 3 aromatic rings. The van der Waals surface area contributed by atoms with Crippen molar-refractivity contribution in [2.24, 2.45) is 0 Å². The number of hydrogen-bond donors (Lipinski definition) is 2. The number of benzene rings is 2. The Morgan fingerprint density at radius 2 is 1.85 bits per heavy atom. The lowest BCUT2D eigenvalue weighted by atomic mass is 10.1. The van der Waals surface area contributed by atoms with Gasteiger partial charge in [-0.2, -0.15) is 0 Å². The number of nitrogens with zero attached hydrogens (tertiary/aromatic N) is 2. The number of unbranched alkanes of at least 4 members (excludes halogenated alkanes) is 1. The topological polar surface area (TPSA) is 84.2 Å². The van der Waals surface area contributed by atoms with Gasteiger partial charge in [0.05, 0.1) is 5.69 Å². The number of aryl methyl sites for hydroxylation is 1. The Labute approximate surface area is 199 Å². The highest BCUT2D eigenvalue weighted by molar-refractivity contribution is 8.00. The van der Waals surface area contributed by atoms with Crippen LogP contribution in [-0.2, 0) is 17.8 Å². The predicted octanol–water partition coefficient (Wildman–Crippen LogP) is 5.32. The first-order chi connectivity index (χ1) is 16.0. The van der Waals surface area contributed by atoms with Crippen LogP contribution in [0.15, 0.2) is 70.4 Å². The number of carboxylic acid groups (broad SMARTS) is 1. The molecule has 174 valence electrons. The van der Waals surface area contributed by atoms with Gasteiger partial charge < -0.3 is 10.4 Å². The quantitative estimate of drug-likeness (QED) is 0.352. The van der Waals surface area contributed by atoms with Gasteiger partial charge in [0.25, 0.3) is 5.56 Å². The van der Waals surface area contributed by atoms with Crippen LogP contribution in [0.3, 0.4) is 0 Å². The number of anilines is 1. The molecule has 0 amide bonds. The molecule has 0 bridgehead atoms. The van der Waals surface area contributed by atoms with Gasteiger partial charge in [-0.3, -0.25) is 14.2 Å². The van der Waals surface area contributed by atoms with E-state index < -0.39 is 11.2 Å². The molecule has 0 saturated heterocycles. The van der Waals surface area contributed by atoms with Crippen molar-refractivity contribution < 1.29 is 9.90 Å². The molecule has 2 aromatic carbocycles. The lowest BCUT2D eigenvalue weighted by molar-refractivity contribution is -0.136. The number of thioether (sulfide) groups is 1. The summed E-state index contributed by atoms with van der Waals surface area (Å²) in [6, 6.07) is 19.1. The molecule has 0 aliphatic rings. The Morgan fingerprint density at radius 3 is 2.48 bits per heavy atom. The number of aliphatic carboxylic acids is 1. The molecular formula is C26H31N3O3S. The molecule has 2 N–H and O–H groups in total. The molecule has 1 atom stereocenters. The van der Waals surface area contributed by atoms with E-state index in [2.05, 4.69) is 12.2 Å². The van der Waals surface area contributed by atoms with E-state index in [1.54, 1.807) is 10.6 Å². The van der Waals surface area contributed by atoms with Gasteiger partial charge in [-0.05, 0) is 30.7 Å². The van der Waals surface area contributed by atoms with Crippen LogP contribution in [0.25, 0.3) is 11.3 Å². The van der Waals surface area contributed by atoms with Crippen molar-refractivity contribution in [1.82, 2.24) is 9.55 Å². The van der Waals surface area contributed by atoms with Gasteiger partial charge in [-0.25, -0.2) is 4.98 Å². The minimum absolute atomic E-state index is 0.0546. The molecule has 0 aliphatic carbocycles. The van der Waals surface area contributed by atoms with Gasteiger partial charge in [0, 0.05) is 41.7 Å². The monoisotopic (exact) mass is 465 g/mol. The van der Waals surface area contributed by atoms with Crippen molar-refractivity contribution >= 4 is 23.4 Å². The molecule has 0 radical (unpaired) electrons. The highest BCUT2D eigenvalue weighted by atomic mass is 32.2. The standard InChI is InChI=1S/C26H31N3O3S/c1-3-5-11-23(26(31)32)33-21-14-12-20(13-15-21)27-16-17-29-24(4-2)28-22(18-25(29)30)19-9-7-6-8-10-19/h6-10,12-15,18,23,27H,3-5,11,16-17H2,1-2H3,(H,31,32). The largest absolute Gasteiger partial charge is 0.480 e. The summed E-state index contributed by atoms with van der Waals surface area (Å²) in [5, 5.41) is 12.3. The SMILES string of the molecule is CCCCC(Sc1ccc(NCCn2c(CC)nc(-c3ccccc3)cc2=O)cc1)C(=O)O. The van der Waals surface area contributed by atoms with E-state index in [0.29, 0.717) is 31.6 Å². The Morgan fingerprint density at radius 1 is 1.12 bits per heavy atom. The third-order valence-corrected chi connectivity index (χ3v) is 6.63. The highest BCUT2D eigenvalue weighted by Crippen LogP contribution is 2.28. The van der Waals surface area contributed by atoms with Gasteiger partial charge in [0.2, 0.25) is 0 Å². The van der Waals surface area contributed by atoms with Crippen LogP contribution in [0.4, 0.5) is 5.69 Å². The van der Waals surface area contributed by atoms with Crippen molar-refractivity contribution in [3.8, 4) is 11.3 Å². The van der Waals surface area contributed by atoms with Crippen molar-refractivity contribution in [2.45, 2.75) is 56.2 Å². The van der Waals surface area contributed by atoms with E-state index in [1.807, 2.05) is 61.5 Å². The number of aromatic nitrogens is 2. The summed E-state index contributed by atoms with van der Waals surface area (Å²) < 4.78 is 1.72. The van der Waals surface area contributed by atoms with E-state index >= 15 is 0 Å². The smallest absolute Gasteiger partial charge is 0.316 e. The van der Waals surface area contributed by atoms with Gasteiger partial charge in [-0.1, -0.05) is 57.0 Å². The first-order valence-corrected chi connectivity index (χ1v) is 12.3. The van der Waals surface area contributed by atoms with Crippen molar-refractivity contribution in [2.75, 3.05) is 11.9 Å². The third-order valence-electron chi connectivity index (χ3n) is 5.37. The van der Waals surface area contributed by atoms with Gasteiger partial charge in [0.15, 0.2) is 0 Å². The van der Waals surface area contributed by atoms with Gasteiger partial charge >= 0.3 is 5.97 Å². The summed E-state index contributed by atoms with van der Waals surface area (Å²) in [6.07, 6.45) is 3.23. The lowest BCUT2D eigenvalue weighted by Gasteiger charge is -2.14. The molecular weight excluding hydrogens is 434 g/mol. The summed E-state index contributed by atoms with van der Waals surface area (Å²) in [7, 11) is 0. The molecule has 0 saturated carbocycles. The molecule has 3 rings (SSSR count). The number of rotatable bonds is 12. The zero-order valence-electron chi connectivity index (χ0n) is 19.2. The Bertz CT molecular complexity index is 1100. The van der Waals surface area contributed by atoms with E-state index in [4.69, 9.17) is 4.98 Å². The predicted molar refractivity (Wildman–Crippen MR) is 135 cm³/mol. The summed E-state index contributed by atoms with van der Waals surface area (Å²) in [4.78, 5) is 29.9. The fraction of sp³-hybridized carbons (Fsp3) is 0.346. The first-order valence-electron chi connectivity index (χ1n) is 11.4. The van der Waals surface area contributed by atoms with E-state index in [9.17, 15) is 14.7 Å². The second-order valence-corrected chi connectivity index (χ2v) is 9.08. The van der Waals surface area contributed by atoms with Crippen LogP contribution in [0.1, 0.15) is 38.9 Å². The molecule has 0 fully saturated rings. The zero-order chi connectivity index (χ0) is 23.6. The molecule has 6 nitrogen and oxygen atoms in total. The number of nitrogens with one attached hydrogen (secondary N) is 1. The fourth-order valence-corrected chi connectivity index (χ4v) is 4.58. The second-order valence-electron chi connectivity index (χ2n) is 7.81.